The molecule has 0 aliphatic heterocycles. The first kappa shape index (κ1) is 19.9. The molecule has 1 heterocycles. The van der Waals surface area contributed by atoms with Crippen molar-refractivity contribution in [3.05, 3.63) is 5.82 Å². The average molecular weight is 408 g/mol. The summed E-state index contributed by atoms with van der Waals surface area (Å²) in [6.45, 7) is 3.62. The number of esters is 2. The zero-order chi connectivity index (χ0) is 20.0. The number of aromatic nitrogens is 3. The highest BCUT2D eigenvalue weighted by molar-refractivity contribution is 7.99. The van der Waals surface area contributed by atoms with Gasteiger partial charge in [-0.05, 0) is 26.2 Å². The molecular weight excluding hydrogens is 389 g/mol. The van der Waals surface area contributed by atoms with E-state index in [4.69, 9.17) is 15.2 Å². The minimum atomic E-state index is -4.64. The smallest absolute Gasteiger partial charge is 0.451 e. The van der Waals surface area contributed by atoms with Crippen molar-refractivity contribution in [2.45, 2.75) is 42.4 Å². The third-order valence-electron chi connectivity index (χ3n) is 4.84. The summed E-state index contributed by atoms with van der Waals surface area (Å²) in [5.74, 6) is -3.68. The minimum Gasteiger partial charge on any atom is -0.466 e. The van der Waals surface area contributed by atoms with Gasteiger partial charge in [0.1, 0.15) is 5.54 Å². The van der Waals surface area contributed by atoms with Crippen LogP contribution in [0.1, 0.15) is 26.1 Å². The molecule has 0 aromatic carbocycles. The molecular formula is C15H19F3N4O4S. The summed E-state index contributed by atoms with van der Waals surface area (Å²) in [7, 11) is 0. The summed E-state index contributed by atoms with van der Waals surface area (Å²) in [5, 5.41) is 4.89. The number of fused-ring (bicyclic) bond motifs is 1. The molecule has 12 heteroatoms. The fraction of sp³-hybridized carbons (Fsp3) is 0.733. The Kier molecular flexibility index (Phi) is 5.14. The Morgan fingerprint density at radius 1 is 1.33 bits per heavy atom. The Labute approximate surface area is 156 Å². The lowest BCUT2D eigenvalue weighted by Crippen LogP contribution is -2.51. The van der Waals surface area contributed by atoms with Crippen molar-refractivity contribution in [1.29, 1.82) is 0 Å². The largest absolute Gasteiger partial charge is 0.466 e. The number of nitrogens with zero attached hydrogens (tertiary/aromatic N) is 2. The summed E-state index contributed by atoms with van der Waals surface area (Å²) in [6, 6.07) is 0. The van der Waals surface area contributed by atoms with Gasteiger partial charge in [0.2, 0.25) is 11.0 Å². The van der Waals surface area contributed by atoms with Crippen LogP contribution in [0.5, 0.6) is 0 Å². The number of nitrogens with one attached hydrogen (secondary N) is 1. The highest BCUT2D eigenvalue weighted by atomic mass is 32.2. The molecule has 3 N–H and O–H groups in total. The molecule has 1 aromatic heterocycles. The van der Waals surface area contributed by atoms with Crippen molar-refractivity contribution >= 4 is 23.7 Å². The molecule has 2 aliphatic rings. The molecule has 2 fully saturated rings. The molecule has 0 spiro atoms. The summed E-state index contributed by atoms with van der Waals surface area (Å²) < 4.78 is 48.1. The van der Waals surface area contributed by atoms with Crippen LogP contribution in [-0.4, -0.2) is 51.1 Å². The van der Waals surface area contributed by atoms with E-state index in [2.05, 4.69) is 10.1 Å². The summed E-state index contributed by atoms with van der Waals surface area (Å²) >= 11 is 0.966. The van der Waals surface area contributed by atoms with Crippen molar-refractivity contribution in [3.8, 4) is 0 Å². The van der Waals surface area contributed by atoms with Crippen LogP contribution in [0.2, 0.25) is 0 Å². The Morgan fingerprint density at radius 3 is 2.56 bits per heavy atom. The molecule has 1 aromatic rings. The van der Waals surface area contributed by atoms with Crippen molar-refractivity contribution < 1.29 is 32.2 Å². The Balaban J connectivity index is 1.80. The second-order valence-electron chi connectivity index (χ2n) is 6.47. The van der Waals surface area contributed by atoms with Crippen LogP contribution in [-0.2, 0) is 25.2 Å². The van der Waals surface area contributed by atoms with Crippen LogP contribution >= 0.6 is 11.8 Å². The van der Waals surface area contributed by atoms with Crippen molar-refractivity contribution in [2.24, 2.45) is 23.5 Å². The van der Waals surface area contributed by atoms with Gasteiger partial charge in [-0.15, -0.1) is 5.10 Å². The van der Waals surface area contributed by atoms with Crippen LogP contribution in [0, 0.1) is 17.8 Å². The van der Waals surface area contributed by atoms with Gasteiger partial charge >= 0.3 is 18.1 Å². The molecule has 27 heavy (non-hydrogen) atoms. The van der Waals surface area contributed by atoms with E-state index in [9.17, 15) is 22.8 Å². The standard InChI is InChI=1S/C15H19F3N4O4S/c1-3-25-10(23)8-7-6(5-14(19,9(7)8)12(24)26-4-2)27-13-20-11(21-22-13)15(16,17)18/h6-9H,3-5,19H2,1-2H3,(H,20,21,22). The SMILES string of the molecule is CCOC(=O)C1C2C(Sc3n[nH]c(C(F)(F)F)n3)CC(N)(C(=O)OCC)C12. The number of thioether (sulfide) groups is 1. The van der Waals surface area contributed by atoms with Gasteiger partial charge in [0.05, 0.1) is 19.1 Å². The van der Waals surface area contributed by atoms with E-state index < -0.39 is 46.6 Å². The fourth-order valence-corrected chi connectivity index (χ4v) is 5.14. The quantitative estimate of drug-likeness (QED) is 0.678. The van der Waals surface area contributed by atoms with Gasteiger partial charge in [0.25, 0.3) is 0 Å². The predicted molar refractivity (Wildman–Crippen MR) is 86.3 cm³/mol. The summed E-state index contributed by atoms with van der Waals surface area (Å²) in [6.07, 6.45) is -4.49. The first-order valence-corrected chi connectivity index (χ1v) is 9.30. The van der Waals surface area contributed by atoms with Gasteiger partial charge in [-0.2, -0.15) is 18.2 Å². The number of halogens is 3. The maximum Gasteiger partial charge on any atom is 0.451 e. The van der Waals surface area contributed by atoms with E-state index >= 15 is 0 Å². The molecule has 2 aliphatic carbocycles. The topological polar surface area (TPSA) is 120 Å². The molecule has 5 atom stereocenters. The third kappa shape index (κ3) is 3.51. The second kappa shape index (κ2) is 6.97. The van der Waals surface area contributed by atoms with Crippen LogP contribution in [0.15, 0.2) is 5.16 Å². The van der Waals surface area contributed by atoms with Gasteiger partial charge in [-0.25, -0.2) is 0 Å². The van der Waals surface area contributed by atoms with Gasteiger partial charge in [-0.1, -0.05) is 11.8 Å². The molecule has 0 saturated heterocycles. The lowest BCUT2D eigenvalue weighted by Gasteiger charge is -2.26. The molecule has 2 saturated carbocycles. The zero-order valence-corrected chi connectivity index (χ0v) is 15.4. The van der Waals surface area contributed by atoms with E-state index in [1.54, 1.807) is 13.8 Å². The lowest BCUT2D eigenvalue weighted by molar-refractivity contribution is -0.151. The number of alkyl halides is 3. The summed E-state index contributed by atoms with van der Waals surface area (Å²) in [5.41, 5.74) is 4.90. The first-order chi connectivity index (χ1) is 12.6. The Hall–Kier alpha value is -1.82. The van der Waals surface area contributed by atoms with Gasteiger partial charge in [0, 0.05) is 11.2 Å². The average Bonchev–Trinajstić information content (AvgIpc) is 3.04. The molecule has 8 nitrogen and oxygen atoms in total. The maximum atomic E-state index is 12.7. The first-order valence-electron chi connectivity index (χ1n) is 8.42. The number of ether oxygens (including phenoxy) is 2. The minimum absolute atomic E-state index is 0.117. The van der Waals surface area contributed by atoms with Crippen molar-refractivity contribution in [1.82, 2.24) is 15.2 Å². The Bertz CT molecular complexity index is 743. The van der Waals surface area contributed by atoms with Crippen LogP contribution in [0.25, 0.3) is 0 Å². The van der Waals surface area contributed by atoms with E-state index in [0.717, 1.165) is 11.8 Å². The van der Waals surface area contributed by atoms with Gasteiger partial charge in [0.15, 0.2) is 0 Å². The predicted octanol–water partition coefficient (Wildman–Crippen LogP) is 1.37. The van der Waals surface area contributed by atoms with Crippen molar-refractivity contribution in [2.75, 3.05) is 13.2 Å². The number of aromatic amines is 1. The fourth-order valence-electron chi connectivity index (χ4n) is 3.77. The number of hydrogen-bond acceptors (Lipinski definition) is 8. The van der Waals surface area contributed by atoms with Crippen LogP contribution < -0.4 is 5.73 Å². The third-order valence-corrected chi connectivity index (χ3v) is 6.02. The van der Waals surface area contributed by atoms with E-state index in [1.165, 1.54) is 0 Å². The normalized spacial score (nSPS) is 32.1. The van der Waals surface area contributed by atoms with Crippen molar-refractivity contribution in [3.63, 3.8) is 0 Å². The van der Waals surface area contributed by atoms with E-state index in [0.29, 0.717) is 0 Å². The second-order valence-corrected chi connectivity index (χ2v) is 7.67. The molecule has 0 amide bonds. The molecule has 5 unspecified atom stereocenters. The Morgan fingerprint density at radius 2 is 2.00 bits per heavy atom. The number of rotatable bonds is 6. The summed E-state index contributed by atoms with van der Waals surface area (Å²) in [4.78, 5) is 28.0. The number of H-pyrrole nitrogens is 1. The number of carbonyl (C=O) groups is 2. The van der Waals surface area contributed by atoms with Crippen LogP contribution in [0.3, 0.4) is 0 Å². The molecule has 0 radical (unpaired) electrons. The monoisotopic (exact) mass is 408 g/mol. The number of nitrogens with two attached hydrogens (primary N) is 1. The molecule has 150 valence electrons. The van der Waals surface area contributed by atoms with Crippen LogP contribution in [0.4, 0.5) is 13.2 Å². The van der Waals surface area contributed by atoms with E-state index in [-0.39, 0.29) is 30.7 Å². The molecule has 0 bridgehead atoms. The highest BCUT2D eigenvalue weighted by Crippen LogP contribution is 2.65. The van der Waals surface area contributed by atoms with E-state index in [1.807, 2.05) is 5.10 Å². The van der Waals surface area contributed by atoms with Gasteiger partial charge < -0.3 is 15.2 Å². The number of carbonyl (C=O) groups excluding carboxylic acids is 2. The highest BCUT2D eigenvalue weighted by Gasteiger charge is 2.74. The molecule has 3 rings (SSSR count). The lowest BCUT2D eigenvalue weighted by atomic mass is 9.91. The maximum absolute atomic E-state index is 12.7. The number of hydrogen-bond donors (Lipinski definition) is 2. The zero-order valence-electron chi connectivity index (χ0n) is 14.6. The van der Waals surface area contributed by atoms with Gasteiger partial charge in [-0.3, -0.25) is 14.7 Å².